The first-order valence-corrected chi connectivity index (χ1v) is 2.68. The summed E-state index contributed by atoms with van der Waals surface area (Å²) < 4.78 is 4.74. The molecule has 2 heteroatoms. The van der Waals surface area contributed by atoms with Gasteiger partial charge in [-0.15, -0.1) is 0 Å². The van der Waals surface area contributed by atoms with Gasteiger partial charge in [0.2, 0.25) is 0 Å². The fraction of sp³-hybridized carbons (Fsp3) is 0.286. The predicted octanol–water partition coefficient (Wildman–Crippen LogP) is 1.75. The maximum absolute atomic E-state index is 4.74. The second-order valence-electron chi connectivity index (χ2n) is 1.39. The molecule has 0 aromatic heterocycles. The van der Waals surface area contributed by atoms with Gasteiger partial charge in [-0.1, -0.05) is 6.58 Å². The van der Waals surface area contributed by atoms with Crippen LogP contribution in [0.15, 0.2) is 29.6 Å². The van der Waals surface area contributed by atoms with Crippen molar-refractivity contribution < 1.29 is 4.74 Å². The topological polar surface area (TPSA) is 21.6 Å². The van der Waals surface area contributed by atoms with Crippen molar-refractivity contribution in [2.75, 3.05) is 7.11 Å². The van der Waals surface area contributed by atoms with Crippen molar-refractivity contribution in [1.29, 1.82) is 0 Å². The number of methoxy groups -OCH3 is 1. The third-order valence-corrected chi connectivity index (χ3v) is 0.758. The summed E-state index contributed by atoms with van der Waals surface area (Å²) in [6.07, 6.45) is 5.02. The van der Waals surface area contributed by atoms with E-state index in [-0.39, 0.29) is 0 Å². The molecule has 0 saturated carbocycles. The fourth-order valence-corrected chi connectivity index (χ4v) is 0.280. The Morgan fingerprint density at radius 3 is 2.78 bits per heavy atom. The Balaban J connectivity index is 3.57. The molecule has 0 saturated heterocycles. The van der Waals surface area contributed by atoms with Crippen LogP contribution >= 0.6 is 0 Å². The molecule has 0 N–H and O–H groups in total. The van der Waals surface area contributed by atoms with E-state index in [0.29, 0.717) is 5.76 Å². The van der Waals surface area contributed by atoms with Gasteiger partial charge in [0.25, 0.3) is 0 Å². The summed E-state index contributed by atoms with van der Waals surface area (Å²) in [6, 6.07) is 0. The zero-order valence-corrected chi connectivity index (χ0v) is 5.79. The van der Waals surface area contributed by atoms with E-state index in [9.17, 15) is 0 Å². The van der Waals surface area contributed by atoms with E-state index in [1.165, 1.54) is 0 Å². The van der Waals surface area contributed by atoms with Crippen LogP contribution in [-0.4, -0.2) is 13.3 Å². The number of rotatable bonds is 3. The Morgan fingerprint density at radius 1 is 1.67 bits per heavy atom. The minimum absolute atomic E-state index is 0.612. The molecule has 0 unspecified atom stereocenters. The van der Waals surface area contributed by atoms with Gasteiger partial charge in [-0.25, -0.2) is 0 Å². The van der Waals surface area contributed by atoms with Crippen LogP contribution < -0.4 is 0 Å². The van der Waals surface area contributed by atoms with Gasteiger partial charge < -0.3 is 4.74 Å². The first-order valence-electron chi connectivity index (χ1n) is 2.68. The molecule has 50 valence electrons. The lowest BCUT2D eigenvalue weighted by molar-refractivity contribution is 0.308. The predicted molar refractivity (Wildman–Crippen MR) is 39.5 cm³/mol. The molecule has 2 nitrogen and oxygen atoms in total. The monoisotopic (exact) mass is 125 g/mol. The van der Waals surface area contributed by atoms with Crippen molar-refractivity contribution >= 4 is 6.21 Å². The van der Waals surface area contributed by atoms with Crippen LogP contribution in [0.3, 0.4) is 0 Å². The lowest BCUT2D eigenvalue weighted by Gasteiger charge is -1.92. The van der Waals surface area contributed by atoms with Crippen LogP contribution in [0.1, 0.15) is 6.92 Å². The summed E-state index contributed by atoms with van der Waals surface area (Å²) in [5, 5.41) is 0. The van der Waals surface area contributed by atoms with E-state index in [1.54, 1.807) is 25.6 Å². The van der Waals surface area contributed by atoms with Crippen LogP contribution in [-0.2, 0) is 4.74 Å². The summed E-state index contributed by atoms with van der Waals surface area (Å²) in [6.45, 7) is 5.41. The Kier molecular flexibility index (Phi) is 4.50. The average molecular weight is 125 g/mol. The molecular weight excluding hydrogens is 114 g/mol. The van der Waals surface area contributed by atoms with Crippen LogP contribution in [0, 0.1) is 0 Å². The van der Waals surface area contributed by atoms with Gasteiger partial charge in [0, 0.05) is 12.4 Å². The molecule has 0 fully saturated rings. The molecule has 0 atom stereocenters. The van der Waals surface area contributed by atoms with Crippen molar-refractivity contribution in [2.45, 2.75) is 6.92 Å². The van der Waals surface area contributed by atoms with Gasteiger partial charge in [-0.2, -0.15) is 0 Å². The smallest absolute Gasteiger partial charge is 0.113 e. The van der Waals surface area contributed by atoms with Crippen LogP contribution in [0.5, 0.6) is 0 Å². The Labute approximate surface area is 55.6 Å². The van der Waals surface area contributed by atoms with Crippen molar-refractivity contribution in [1.82, 2.24) is 0 Å². The van der Waals surface area contributed by atoms with E-state index in [1.807, 2.05) is 6.92 Å². The van der Waals surface area contributed by atoms with Crippen molar-refractivity contribution in [3.05, 3.63) is 24.6 Å². The molecule has 0 aliphatic carbocycles. The number of allylic oxidation sites excluding steroid dienone is 1. The Hall–Kier alpha value is -1.05. The minimum Gasteiger partial charge on any atom is -0.497 e. The number of hydrogen-bond donors (Lipinski definition) is 0. The van der Waals surface area contributed by atoms with E-state index >= 15 is 0 Å². The molecular formula is C7H11NO. The van der Waals surface area contributed by atoms with Gasteiger partial charge in [0.15, 0.2) is 0 Å². The van der Waals surface area contributed by atoms with Crippen LogP contribution in [0.2, 0.25) is 0 Å². The molecule has 0 aliphatic rings. The normalized spacial score (nSPS) is 10.9. The van der Waals surface area contributed by atoms with E-state index < -0.39 is 0 Å². The lowest BCUT2D eigenvalue weighted by Crippen LogP contribution is -1.75. The van der Waals surface area contributed by atoms with Gasteiger partial charge in [-0.3, -0.25) is 4.99 Å². The molecule has 0 aliphatic heterocycles. The molecule has 0 radical (unpaired) electrons. The third kappa shape index (κ3) is 4.81. The van der Waals surface area contributed by atoms with Crippen molar-refractivity contribution in [3.8, 4) is 0 Å². The van der Waals surface area contributed by atoms with E-state index in [0.717, 1.165) is 0 Å². The van der Waals surface area contributed by atoms with Crippen LogP contribution in [0.25, 0.3) is 0 Å². The molecule has 0 amide bonds. The standard InChI is InChI=1S/C7H11NO/c1-4-8-6-5-7(2)9-3/h4-6H,2H2,1,3H3/b6-5-,8-4?. The maximum Gasteiger partial charge on any atom is 0.113 e. The van der Waals surface area contributed by atoms with Gasteiger partial charge >= 0.3 is 0 Å². The lowest BCUT2D eigenvalue weighted by atomic mass is 10.5. The number of hydrogen-bond acceptors (Lipinski definition) is 2. The number of ether oxygens (including phenoxy) is 1. The van der Waals surface area contributed by atoms with Gasteiger partial charge in [0.05, 0.1) is 7.11 Å². The summed E-state index contributed by atoms with van der Waals surface area (Å²) >= 11 is 0. The number of aliphatic imine (C=N–C) groups is 1. The Bertz CT molecular complexity index is 136. The SMILES string of the molecule is C=C(/C=C\N=CC)OC. The molecule has 0 bridgehead atoms. The number of nitrogens with zero attached hydrogens (tertiary/aromatic N) is 1. The first kappa shape index (κ1) is 7.95. The summed E-state index contributed by atoms with van der Waals surface area (Å²) in [4.78, 5) is 3.81. The van der Waals surface area contributed by atoms with E-state index in [2.05, 4.69) is 11.6 Å². The molecule has 0 spiro atoms. The average Bonchev–Trinajstić information content (AvgIpc) is 1.89. The first-order chi connectivity index (χ1) is 4.31. The highest BCUT2D eigenvalue weighted by atomic mass is 16.5. The molecule has 0 heterocycles. The van der Waals surface area contributed by atoms with E-state index in [4.69, 9.17) is 4.74 Å². The second-order valence-corrected chi connectivity index (χ2v) is 1.39. The molecule has 9 heavy (non-hydrogen) atoms. The molecule has 0 aromatic rings. The second kappa shape index (κ2) is 5.09. The maximum atomic E-state index is 4.74. The Morgan fingerprint density at radius 2 is 2.33 bits per heavy atom. The highest BCUT2D eigenvalue weighted by Crippen LogP contribution is 1.91. The zero-order valence-electron chi connectivity index (χ0n) is 5.79. The largest absolute Gasteiger partial charge is 0.497 e. The molecule has 0 rings (SSSR count). The van der Waals surface area contributed by atoms with Crippen molar-refractivity contribution in [2.24, 2.45) is 4.99 Å². The van der Waals surface area contributed by atoms with Crippen LogP contribution in [0.4, 0.5) is 0 Å². The highest BCUT2D eigenvalue weighted by Gasteiger charge is 1.76. The summed E-state index contributed by atoms with van der Waals surface area (Å²) in [7, 11) is 1.57. The summed E-state index contributed by atoms with van der Waals surface area (Å²) in [5.74, 6) is 0.612. The zero-order chi connectivity index (χ0) is 7.11. The van der Waals surface area contributed by atoms with Gasteiger partial charge in [-0.05, 0) is 13.0 Å². The minimum atomic E-state index is 0.612. The van der Waals surface area contributed by atoms with Gasteiger partial charge in [0.1, 0.15) is 5.76 Å². The fourth-order valence-electron chi connectivity index (χ4n) is 0.280. The molecule has 0 aromatic carbocycles. The summed E-state index contributed by atoms with van der Waals surface area (Å²) in [5.41, 5.74) is 0. The quantitative estimate of drug-likeness (QED) is 0.320. The van der Waals surface area contributed by atoms with Crippen molar-refractivity contribution in [3.63, 3.8) is 0 Å². The highest BCUT2D eigenvalue weighted by molar-refractivity contribution is 5.54. The third-order valence-electron chi connectivity index (χ3n) is 0.758.